The molecule has 1 N–H and O–H groups in total. The fourth-order valence-electron chi connectivity index (χ4n) is 1.76. The highest BCUT2D eigenvalue weighted by atomic mass is 32.1. The van der Waals surface area contributed by atoms with Gasteiger partial charge in [0.1, 0.15) is 5.82 Å². The molecule has 0 fully saturated rings. The molecule has 0 spiro atoms. The van der Waals surface area contributed by atoms with Gasteiger partial charge in [-0.2, -0.15) is 0 Å². The average Bonchev–Trinajstić information content (AvgIpc) is 2.62. The Morgan fingerprint density at radius 3 is 2.68 bits per heavy atom. The van der Waals surface area contributed by atoms with Gasteiger partial charge in [0, 0.05) is 10.6 Å². The molecule has 0 radical (unpaired) electrons. The van der Waals surface area contributed by atoms with E-state index in [4.69, 9.17) is 0 Å². The van der Waals surface area contributed by atoms with Crippen molar-refractivity contribution in [3.05, 3.63) is 45.2 Å². The van der Waals surface area contributed by atoms with Gasteiger partial charge >= 0.3 is 0 Å². The Morgan fingerprint density at radius 1 is 1.37 bits per heavy atom. The molecule has 1 amide bonds. The zero-order chi connectivity index (χ0) is 14.0. The van der Waals surface area contributed by atoms with E-state index < -0.39 is 0 Å². The van der Waals surface area contributed by atoms with Gasteiger partial charge in [0.25, 0.3) is 0 Å². The van der Waals surface area contributed by atoms with Gasteiger partial charge in [-0.05, 0) is 38.5 Å². The highest BCUT2D eigenvalue weighted by Crippen LogP contribution is 2.19. The van der Waals surface area contributed by atoms with Crippen LogP contribution in [-0.2, 0) is 11.2 Å². The van der Waals surface area contributed by atoms with Crippen molar-refractivity contribution in [2.75, 3.05) is 5.32 Å². The number of halogens is 1. The van der Waals surface area contributed by atoms with Crippen LogP contribution >= 0.6 is 11.3 Å². The number of carbonyl (C=O) groups is 1. The quantitative estimate of drug-likeness (QED) is 0.935. The Bertz CT molecular complexity index is 622. The molecule has 0 unspecified atom stereocenters. The molecule has 5 heteroatoms. The van der Waals surface area contributed by atoms with Gasteiger partial charge in [-0.15, -0.1) is 11.3 Å². The summed E-state index contributed by atoms with van der Waals surface area (Å²) in [6, 6.07) is 4.67. The number of hydrogen-bond donors (Lipinski definition) is 1. The Labute approximate surface area is 115 Å². The second-order valence-electron chi connectivity index (χ2n) is 4.43. The van der Waals surface area contributed by atoms with Crippen molar-refractivity contribution >= 4 is 22.9 Å². The van der Waals surface area contributed by atoms with Crippen LogP contribution in [0.25, 0.3) is 0 Å². The molecule has 1 aromatic heterocycles. The number of nitrogens with zero attached hydrogens (tertiary/aromatic N) is 1. The second-order valence-corrected chi connectivity index (χ2v) is 5.72. The highest BCUT2D eigenvalue weighted by molar-refractivity contribution is 7.11. The zero-order valence-corrected chi connectivity index (χ0v) is 11.9. The van der Waals surface area contributed by atoms with Gasteiger partial charge in [-0.1, -0.05) is 6.07 Å². The third-order valence-electron chi connectivity index (χ3n) is 2.78. The smallest absolute Gasteiger partial charge is 0.229 e. The van der Waals surface area contributed by atoms with E-state index >= 15 is 0 Å². The summed E-state index contributed by atoms with van der Waals surface area (Å²) in [4.78, 5) is 17.1. The molecule has 3 nitrogen and oxygen atoms in total. The minimum atomic E-state index is -0.317. The minimum absolute atomic E-state index is 0.157. The molecule has 0 saturated carbocycles. The van der Waals surface area contributed by atoms with Gasteiger partial charge < -0.3 is 5.32 Å². The van der Waals surface area contributed by atoms with Crippen LogP contribution in [0.2, 0.25) is 0 Å². The van der Waals surface area contributed by atoms with Crippen LogP contribution in [0.1, 0.15) is 21.1 Å². The molecular weight excluding hydrogens is 263 g/mol. The normalized spacial score (nSPS) is 10.5. The van der Waals surface area contributed by atoms with Gasteiger partial charge in [0.2, 0.25) is 5.91 Å². The summed E-state index contributed by atoms with van der Waals surface area (Å²) in [7, 11) is 0. The molecule has 0 aliphatic rings. The third-order valence-corrected chi connectivity index (χ3v) is 3.85. The predicted octanol–water partition coefficient (Wildman–Crippen LogP) is 3.39. The number of hydrogen-bond acceptors (Lipinski definition) is 3. The maximum atomic E-state index is 13.4. The Morgan fingerprint density at radius 2 is 2.11 bits per heavy atom. The first kappa shape index (κ1) is 13.7. The van der Waals surface area contributed by atoms with Crippen molar-refractivity contribution in [3.8, 4) is 0 Å². The second kappa shape index (κ2) is 5.48. The first-order valence-corrected chi connectivity index (χ1v) is 6.76. The van der Waals surface area contributed by atoms with Crippen molar-refractivity contribution in [1.82, 2.24) is 4.98 Å². The zero-order valence-electron chi connectivity index (χ0n) is 11.1. The van der Waals surface area contributed by atoms with E-state index in [1.54, 1.807) is 19.1 Å². The number of nitrogens with one attached hydrogen (secondary N) is 1. The van der Waals surface area contributed by atoms with Crippen LogP contribution in [-0.4, -0.2) is 10.9 Å². The summed E-state index contributed by atoms with van der Waals surface area (Å²) in [5, 5.41) is 3.64. The molecule has 0 bridgehead atoms. The number of amides is 1. The maximum absolute atomic E-state index is 13.4. The summed E-state index contributed by atoms with van der Waals surface area (Å²) in [6.07, 6.45) is 0.271. The summed E-state index contributed by atoms with van der Waals surface area (Å²) < 4.78 is 13.4. The predicted molar refractivity (Wildman–Crippen MR) is 75.1 cm³/mol. The summed E-state index contributed by atoms with van der Waals surface area (Å²) >= 11 is 1.51. The van der Waals surface area contributed by atoms with Crippen molar-refractivity contribution in [2.45, 2.75) is 27.2 Å². The number of thiazole rings is 1. The lowest BCUT2D eigenvalue weighted by Gasteiger charge is -2.05. The molecule has 19 heavy (non-hydrogen) atoms. The molecule has 2 aromatic rings. The van der Waals surface area contributed by atoms with Crippen molar-refractivity contribution in [3.63, 3.8) is 0 Å². The molecule has 1 aromatic carbocycles. The molecule has 0 aliphatic carbocycles. The van der Waals surface area contributed by atoms with Crippen LogP contribution in [0, 0.1) is 26.6 Å². The maximum Gasteiger partial charge on any atom is 0.229 e. The van der Waals surface area contributed by atoms with Gasteiger partial charge in [0.05, 0.1) is 17.1 Å². The summed E-state index contributed by atoms with van der Waals surface area (Å²) in [6.45, 7) is 5.48. The van der Waals surface area contributed by atoms with Crippen LogP contribution in [0.4, 0.5) is 10.1 Å². The van der Waals surface area contributed by atoms with Crippen LogP contribution < -0.4 is 5.32 Å². The number of aromatic nitrogens is 1. The van der Waals surface area contributed by atoms with Gasteiger partial charge in [-0.25, -0.2) is 9.37 Å². The standard InChI is InChI=1S/C14H15FN2OS/c1-8-4-5-11(6-12(8)15)17-14(18)7-13-9(2)16-10(3)19-13/h4-6H,7H2,1-3H3,(H,17,18). The average molecular weight is 278 g/mol. The number of rotatable bonds is 3. The fourth-order valence-corrected chi connectivity index (χ4v) is 2.69. The van der Waals surface area contributed by atoms with E-state index in [-0.39, 0.29) is 18.1 Å². The van der Waals surface area contributed by atoms with Crippen LogP contribution in [0.3, 0.4) is 0 Å². The molecule has 0 atom stereocenters. The van der Waals surface area contributed by atoms with Crippen LogP contribution in [0.15, 0.2) is 18.2 Å². The first-order chi connectivity index (χ1) is 8.95. The molecule has 100 valence electrons. The SMILES string of the molecule is Cc1nc(C)c(CC(=O)Nc2ccc(C)c(F)c2)s1. The van der Waals surface area contributed by atoms with Crippen molar-refractivity contribution in [2.24, 2.45) is 0 Å². The van der Waals surface area contributed by atoms with Crippen LogP contribution in [0.5, 0.6) is 0 Å². The van der Waals surface area contributed by atoms with E-state index in [1.807, 2.05) is 13.8 Å². The molecule has 0 aliphatic heterocycles. The largest absolute Gasteiger partial charge is 0.326 e. The summed E-state index contributed by atoms with van der Waals surface area (Å²) in [5.74, 6) is -0.474. The Hall–Kier alpha value is -1.75. The molecular formula is C14H15FN2OS. The molecule has 1 heterocycles. The van der Waals surface area contributed by atoms with Crippen molar-refractivity contribution < 1.29 is 9.18 Å². The van der Waals surface area contributed by atoms with E-state index in [0.29, 0.717) is 11.3 Å². The number of anilines is 1. The Kier molecular flexibility index (Phi) is 3.95. The lowest BCUT2D eigenvalue weighted by Crippen LogP contribution is -2.14. The molecule has 2 rings (SSSR count). The monoisotopic (exact) mass is 278 g/mol. The number of carbonyl (C=O) groups excluding carboxylic acids is 1. The van der Waals surface area contributed by atoms with E-state index in [9.17, 15) is 9.18 Å². The fraction of sp³-hybridized carbons (Fsp3) is 0.286. The topological polar surface area (TPSA) is 42.0 Å². The van der Waals surface area contributed by atoms with Gasteiger partial charge in [-0.3, -0.25) is 4.79 Å². The van der Waals surface area contributed by atoms with E-state index in [0.717, 1.165) is 15.6 Å². The first-order valence-electron chi connectivity index (χ1n) is 5.94. The Balaban J connectivity index is 2.05. The number of benzene rings is 1. The van der Waals surface area contributed by atoms with E-state index in [2.05, 4.69) is 10.3 Å². The van der Waals surface area contributed by atoms with Crippen molar-refractivity contribution in [1.29, 1.82) is 0 Å². The lowest BCUT2D eigenvalue weighted by molar-refractivity contribution is -0.115. The van der Waals surface area contributed by atoms with E-state index in [1.165, 1.54) is 17.4 Å². The molecule has 0 saturated heterocycles. The number of aryl methyl sites for hydroxylation is 3. The minimum Gasteiger partial charge on any atom is -0.326 e. The summed E-state index contributed by atoms with van der Waals surface area (Å²) in [5.41, 5.74) is 1.92. The third kappa shape index (κ3) is 3.38. The van der Waals surface area contributed by atoms with Gasteiger partial charge in [0.15, 0.2) is 0 Å². The lowest BCUT2D eigenvalue weighted by atomic mass is 10.2. The highest BCUT2D eigenvalue weighted by Gasteiger charge is 2.11.